The third-order valence-electron chi connectivity index (χ3n) is 6.35. The van der Waals surface area contributed by atoms with Crippen molar-refractivity contribution in [1.82, 2.24) is 15.5 Å². The molecule has 0 aliphatic carbocycles. The number of carbonyl (C=O) groups is 2. The number of benzene rings is 2. The van der Waals surface area contributed by atoms with E-state index in [1.165, 1.54) is 0 Å². The van der Waals surface area contributed by atoms with Crippen LogP contribution in [0.5, 0.6) is 5.75 Å². The average molecular weight is 453 g/mol. The Morgan fingerprint density at radius 2 is 1.85 bits per heavy atom. The molecule has 2 amide bonds. The van der Waals surface area contributed by atoms with E-state index in [0.717, 1.165) is 30.1 Å². The molecule has 176 valence electrons. The maximum Gasteiger partial charge on any atom is 0.240 e. The summed E-state index contributed by atoms with van der Waals surface area (Å²) in [6, 6.07) is 17.3. The molecule has 4 rings (SSSR count). The smallest absolute Gasteiger partial charge is 0.240 e. The van der Waals surface area contributed by atoms with E-state index in [4.69, 9.17) is 4.74 Å². The molecule has 0 bridgehead atoms. The highest BCUT2D eigenvalue weighted by Crippen LogP contribution is 2.25. The quantitative estimate of drug-likeness (QED) is 0.569. The molecule has 8 heteroatoms. The number of nitrogens with zero attached hydrogens (tertiary/aromatic N) is 2. The molecule has 2 heterocycles. The lowest BCUT2D eigenvalue weighted by molar-refractivity contribution is -0.142. The van der Waals surface area contributed by atoms with Crippen molar-refractivity contribution in [3.8, 4) is 5.75 Å². The van der Waals surface area contributed by atoms with E-state index >= 15 is 0 Å². The van der Waals surface area contributed by atoms with Crippen LogP contribution in [-0.4, -0.2) is 73.4 Å². The Morgan fingerprint density at radius 1 is 1.09 bits per heavy atom. The number of aliphatic hydroxyl groups excluding tert-OH is 1. The molecule has 2 aliphatic heterocycles. The molecule has 2 fully saturated rings. The standard InChI is InChI=1S/C25H32N4O4/c1-18-6-5-9-20(14-18)33-21-15-22(24(31)27-17-30)23(26-16-21)25(32)29-12-10-28(11-13-29)19-7-3-2-4-8-19/h2-9,14,21-23,26,30H,10-13,15-17H2,1H3,(H,27,31)/t21-,22-,23-/m0/s1. The molecule has 33 heavy (non-hydrogen) atoms. The number of piperidine rings is 1. The summed E-state index contributed by atoms with van der Waals surface area (Å²) in [5, 5.41) is 15.0. The van der Waals surface area contributed by atoms with Gasteiger partial charge >= 0.3 is 0 Å². The second-order valence-corrected chi connectivity index (χ2v) is 8.63. The molecule has 2 saturated heterocycles. The number of ether oxygens (including phenoxy) is 1. The van der Waals surface area contributed by atoms with Gasteiger partial charge in [-0.05, 0) is 43.2 Å². The maximum absolute atomic E-state index is 13.4. The van der Waals surface area contributed by atoms with E-state index in [1.54, 1.807) is 0 Å². The fourth-order valence-electron chi connectivity index (χ4n) is 4.62. The number of rotatable bonds is 6. The first-order valence-electron chi connectivity index (χ1n) is 11.5. The van der Waals surface area contributed by atoms with Crippen molar-refractivity contribution in [2.75, 3.05) is 44.4 Å². The summed E-state index contributed by atoms with van der Waals surface area (Å²) >= 11 is 0. The van der Waals surface area contributed by atoms with Crippen molar-refractivity contribution in [2.24, 2.45) is 5.92 Å². The number of aliphatic hydroxyl groups is 1. The maximum atomic E-state index is 13.4. The molecule has 3 atom stereocenters. The molecule has 2 aromatic rings. The van der Waals surface area contributed by atoms with Crippen LogP contribution < -0.4 is 20.3 Å². The number of para-hydroxylation sites is 1. The van der Waals surface area contributed by atoms with Crippen molar-refractivity contribution in [1.29, 1.82) is 0 Å². The minimum absolute atomic E-state index is 0.0743. The number of hydrogen-bond acceptors (Lipinski definition) is 6. The van der Waals surface area contributed by atoms with Gasteiger partial charge in [0.05, 0.1) is 12.0 Å². The SMILES string of the molecule is Cc1cccc(O[C@@H]2CN[C@H](C(=O)N3CCN(c4ccccc4)CC3)[C@@H](C(=O)NCO)C2)c1. The Bertz CT molecular complexity index is 946. The minimum atomic E-state index is -0.641. The Hall–Kier alpha value is -3.10. The second kappa shape index (κ2) is 10.7. The normalized spacial score (nSPS) is 23.2. The van der Waals surface area contributed by atoms with E-state index in [1.807, 2.05) is 54.3 Å². The Kier molecular flexibility index (Phi) is 7.47. The lowest BCUT2D eigenvalue weighted by Crippen LogP contribution is -2.62. The first-order chi connectivity index (χ1) is 16.0. The highest BCUT2D eigenvalue weighted by atomic mass is 16.5. The van der Waals surface area contributed by atoms with Crippen LogP contribution in [0.2, 0.25) is 0 Å². The molecule has 0 aromatic heterocycles. The Labute approximate surface area is 194 Å². The minimum Gasteiger partial charge on any atom is -0.489 e. The lowest BCUT2D eigenvalue weighted by atomic mass is 9.87. The third-order valence-corrected chi connectivity index (χ3v) is 6.35. The van der Waals surface area contributed by atoms with Crippen molar-refractivity contribution < 1.29 is 19.4 Å². The molecule has 0 spiro atoms. The lowest BCUT2D eigenvalue weighted by Gasteiger charge is -2.41. The van der Waals surface area contributed by atoms with E-state index in [0.29, 0.717) is 26.1 Å². The monoisotopic (exact) mass is 452 g/mol. The van der Waals surface area contributed by atoms with Gasteiger partial charge in [-0.25, -0.2) is 0 Å². The summed E-state index contributed by atoms with van der Waals surface area (Å²) in [5.41, 5.74) is 2.24. The second-order valence-electron chi connectivity index (χ2n) is 8.63. The van der Waals surface area contributed by atoms with Gasteiger partial charge in [0.25, 0.3) is 0 Å². The number of piperazine rings is 1. The van der Waals surface area contributed by atoms with Gasteiger partial charge in [0.1, 0.15) is 18.6 Å². The van der Waals surface area contributed by atoms with E-state index in [9.17, 15) is 14.7 Å². The van der Waals surface area contributed by atoms with Gasteiger partial charge in [0.2, 0.25) is 11.8 Å². The van der Waals surface area contributed by atoms with E-state index < -0.39 is 18.7 Å². The van der Waals surface area contributed by atoms with Gasteiger partial charge in [0.15, 0.2) is 0 Å². The highest BCUT2D eigenvalue weighted by Gasteiger charge is 2.42. The van der Waals surface area contributed by atoms with Gasteiger partial charge in [-0.3, -0.25) is 9.59 Å². The molecule has 0 saturated carbocycles. The van der Waals surface area contributed by atoms with Crippen LogP contribution in [0.3, 0.4) is 0 Å². The first-order valence-corrected chi connectivity index (χ1v) is 11.5. The molecular weight excluding hydrogens is 420 g/mol. The van der Waals surface area contributed by atoms with Crippen LogP contribution in [0.25, 0.3) is 0 Å². The fraction of sp³-hybridized carbons (Fsp3) is 0.440. The van der Waals surface area contributed by atoms with Crippen molar-refractivity contribution in [3.63, 3.8) is 0 Å². The van der Waals surface area contributed by atoms with E-state index in [-0.39, 0.29) is 17.9 Å². The van der Waals surface area contributed by atoms with Crippen molar-refractivity contribution in [2.45, 2.75) is 25.5 Å². The van der Waals surface area contributed by atoms with Crippen LogP contribution in [0, 0.1) is 12.8 Å². The van der Waals surface area contributed by atoms with Gasteiger partial charge in [-0.1, -0.05) is 30.3 Å². The van der Waals surface area contributed by atoms with Crippen LogP contribution in [0.4, 0.5) is 5.69 Å². The number of anilines is 1. The molecule has 3 N–H and O–H groups in total. The summed E-state index contributed by atoms with van der Waals surface area (Å²) in [6.07, 6.45) is 0.146. The Morgan fingerprint density at radius 3 is 2.55 bits per heavy atom. The number of aryl methyl sites for hydroxylation is 1. The topological polar surface area (TPSA) is 94.1 Å². The predicted molar refractivity (Wildman–Crippen MR) is 126 cm³/mol. The molecule has 0 unspecified atom stereocenters. The van der Waals surface area contributed by atoms with Crippen LogP contribution in [0.1, 0.15) is 12.0 Å². The largest absolute Gasteiger partial charge is 0.489 e. The van der Waals surface area contributed by atoms with Crippen molar-refractivity contribution >= 4 is 17.5 Å². The summed E-state index contributed by atoms with van der Waals surface area (Å²) < 4.78 is 6.09. The molecule has 0 radical (unpaired) electrons. The van der Waals surface area contributed by atoms with Crippen LogP contribution in [0.15, 0.2) is 54.6 Å². The first kappa shape index (κ1) is 23.1. The molecule has 2 aromatic carbocycles. The zero-order valence-electron chi connectivity index (χ0n) is 18.9. The van der Waals surface area contributed by atoms with Crippen LogP contribution >= 0.6 is 0 Å². The third kappa shape index (κ3) is 5.64. The van der Waals surface area contributed by atoms with Gasteiger partial charge in [-0.15, -0.1) is 0 Å². The molecular formula is C25H32N4O4. The van der Waals surface area contributed by atoms with Gasteiger partial charge < -0.3 is 30.3 Å². The molecule has 8 nitrogen and oxygen atoms in total. The summed E-state index contributed by atoms with van der Waals surface area (Å²) in [7, 11) is 0. The highest BCUT2D eigenvalue weighted by molar-refractivity contribution is 5.90. The zero-order valence-corrected chi connectivity index (χ0v) is 18.9. The fourth-order valence-corrected chi connectivity index (χ4v) is 4.62. The van der Waals surface area contributed by atoms with E-state index in [2.05, 4.69) is 27.7 Å². The number of nitrogens with one attached hydrogen (secondary N) is 2. The summed E-state index contributed by atoms with van der Waals surface area (Å²) in [4.78, 5) is 30.2. The predicted octanol–water partition coefficient (Wildman–Crippen LogP) is 1.14. The zero-order chi connectivity index (χ0) is 23.2. The summed E-state index contributed by atoms with van der Waals surface area (Å²) in [6.45, 7) is 4.69. The average Bonchev–Trinajstić information content (AvgIpc) is 2.84. The van der Waals surface area contributed by atoms with Crippen molar-refractivity contribution in [3.05, 3.63) is 60.2 Å². The molecule has 2 aliphatic rings. The number of carbonyl (C=O) groups excluding carboxylic acids is 2. The number of amides is 2. The van der Waals surface area contributed by atoms with Crippen LogP contribution in [-0.2, 0) is 9.59 Å². The summed E-state index contributed by atoms with van der Waals surface area (Å²) in [5.74, 6) is -0.302. The Balaban J connectivity index is 1.40. The van der Waals surface area contributed by atoms with Gasteiger partial charge in [0, 0.05) is 38.4 Å². The number of hydrogen-bond donors (Lipinski definition) is 3. The van der Waals surface area contributed by atoms with Gasteiger partial charge in [-0.2, -0.15) is 0 Å².